The molecule has 0 unspecified atom stereocenters. The lowest BCUT2D eigenvalue weighted by Crippen LogP contribution is -2.05. The molecule has 0 saturated carbocycles. The van der Waals surface area contributed by atoms with Crippen molar-refractivity contribution in [1.29, 1.82) is 0 Å². The zero-order valence-electron chi connectivity index (χ0n) is 10.1. The third-order valence-corrected chi connectivity index (χ3v) is 2.40. The van der Waals surface area contributed by atoms with Crippen LogP contribution in [-0.4, -0.2) is 15.9 Å². The van der Waals surface area contributed by atoms with E-state index in [0.717, 1.165) is 11.3 Å². The fourth-order valence-corrected chi connectivity index (χ4v) is 1.46. The first-order valence-corrected chi connectivity index (χ1v) is 5.59. The lowest BCUT2D eigenvalue weighted by Gasteiger charge is -2.01. The van der Waals surface area contributed by atoms with Crippen LogP contribution in [0.4, 0.5) is 0 Å². The minimum absolute atomic E-state index is 0.124. The van der Waals surface area contributed by atoms with Gasteiger partial charge in [0.2, 0.25) is 0 Å². The van der Waals surface area contributed by atoms with Crippen molar-refractivity contribution in [3.63, 3.8) is 0 Å². The van der Waals surface area contributed by atoms with Crippen LogP contribution in [0.15, 0.2) is 48.7 Å². The minimum atomic E-state index is -0.410. The van der Waals surface area contributed by atoms with E-state index in [1.54, 1.807) is 13.1 Å². The summed E-state index contributed by atoms with van der Waals surface area (Å²) in [4.78, 5) is 18.5. The molecule has 4 nitrogen and oxygen atoms in total. The molecule has 18 heavy (non-hydrogen) atoms. The van der Waals surface area contributed by atoms with Gasteiger partial charge in [0.05, 0.1) is 11.9 Å². The van der Waals surface area contributed by atoms with Gasteiger partial charge < -0.3 is 9.72 Å². The molecule has 0 fully saturated rings. The first-order valence-electron chi connectivity index (χ1n) is 5.59. The van der Waals surface area contributed by atoms with Crippen LogP contribution in [0.5, 0.6) is 0 Å². The van der Waals surface area contributed by atoms with Gasteiger partial charge in [-0.05, 0) is 12.5 Å². The zero-order chi connectivity index (χ0) is 13.0. The van der Waals surface area contributed by atoms with Crippen LogP contribution in [0.1, 0.15) is 12.7 Å². The minimum Gasteiger partial charge on any atom is -0.454 e. The molecule has 1 aromatic carbocycles. The van der Waals surface area contributed by atoms with E-state index in [2.05, 4.69) is 16.5 Å². The van der Waals surface area contributed by atoms with Crippen molar-refractivity contribution < 1.29 is 9.53 Å². The molecule has 92 valence electrons. The molecule has 2 aromatic rings. The zero-order valence-corrected chi connectivity index (χ0v) is 10.1. The van der Waals surface area contributed by atoms with Crippen LogP contribution in [-0.2, 0) is 16.1 Å². The Labute approximate surface area is 105 Å². The van der Waals surface area contributed by atoms with Gasteiger partial charge in [-0.1, -0.05) is 36.9 Å². The molecule has 0 atom stereocenters. The summed E-state index contributed by atoms with van der Waals surface area (Å²) < 4.78 is 5.01. The lowest BCUT2D eigenvalue weighted by molar-refractivity contribution is -0.140. The number of hydrogen-bond acceptors (Lipinski definition) is 3. The molecule has 0 radical (unpaired) electrons. The number of benzene rings is 1. The number of hydrogen-bond donors (Lipinski definition) is 1. The van der Waals surface area contributed by atoms with Crippen molar-refractivity contribution in [2.24, 2.45) is 0 Å². The maximum Gasteiger partial charge on any atom is 0.333 e. The number of rotatable bonds is 4. The summed E-state index contributed by atoms with van der Waals surface area (Å²) in [6, 6.07) is 9.83. The van der Waals surface area contributed by atoms with Crippen molar-refractivity contribution in [1.82, 2.24) is 9.97 Å². The van der Waals surface area contributed by atoms with Gasteiger partial charge in [-0.2, -0.15) is 0 Å². The Hall–Kier alpha value is -2.36. The SMILES string of the molecule is C=C(C)C(=O)OCc1ncc(-c2ccccc2)[nH]1. The number of nitrogens with zero attached hydrogens (tertiary/aromatic N) is 1. The summed E-state index contributed by atoms with van der Waals surface area (Å²) in [5.41, 5.74) is 2.32. The highest BCUT2D eigenvalue weighted by molar-refractivity contribution is 5.86. The largest absolute Gasteiger partial charge is 0.454 e. The Bertz CT molecular complexity index is 558. The molecular formula is C14H14N2O2. The van der Waals surface area contributed by atoms with Crippen molar-refractivity contribution in [2.45, 2.75) is 13.5 Å². The van der Waals surface area contributed by atoms with Crippen molar-refractivity contribution >= 4 is 5.97 Å². The predicted octanol–water partition coefficient (Wildman–Crippen LogP) is 2.70. The van der Waals surface area contributed by atoms with E-state index in [-0.39, 0.29) is 6.61 Å². The van der Waals surface area contributed by atoms with Crippen LogP contribution in [0, 0.1) is 0 Å². The molecule has 0 saturated heterocycles. The van der Waals surface area contributed by atoms with Gasteiger partial charge in [0, 0.05) is 5.57 Å². The molecule has 2 rings (SSSR count). The normalized spacial score (nSPS) is 10.1. The number of esters is 1. The molecule has 0 aliphatic heterocycles. The van der Waals surface area contributed by atoms with Gasteiger partial charge in [0.1, 0.15) is 12.4 Å². The lowest BCUT2D eigenvalue weighted by atomic mass is 10.2. The van der Waals surface area contributed by atoms with Crippen LogP contribution in [0.2, 0.25) is 0 Å². The molecule has 0 amide bonds. The monoisotopic (exact) mass is 242 g/mol. The topological polar surface area (TPSA) is 55.0 Å². The number of aromatic nitrogens is 2. The Morgan fingerprint density at radius 1 is 1.39 bits per heavy atom. The average molecular weight is 242 g/mol. The molecule has 1 aromatic heterocycles. The molecule has 4 heteroatoms. The number of imidazole rings is 1. The first kappa shape index (κ1) is 12.1. The van der Waals surface area contributed by atoms with E-state index in [1.165, 1.54) is 0 Å². The Morgan fingerprint density at radius 3 is 2.78 bits per heavy atom. The van der Waals surface area contributed by atoms with Gasteiger partial charge in [0.25, 0.3) is 0 Å². The number of ether oxygens (including phenoxy) is 1. The quantitative estimate of drug-likeness (QED) is 0.662. The van der Waals surface area contributed by atoms with Gasteiger partial charge in [-0.3, -0.25) is 0 Å². The molecular weight excluding hydrogens is 228 g/mol. The maximum absolute atomic E-state index is 11.2. The standard InChI is InChI=1S/C14H14N2O2/c1-10(2)14(17)18-9-13-15-8-12(16-13)11-6-4-3-5-7-11/h3-8H,1,9H2,2H3,(H,15,16). The highest BCUT2D eigenvalue weighted by atomic mass is 16.5. The molecule has 0 aliphatic carbocycles. The van der Waals surface area contributed by atoms with Crippen LogP contribution < -0.4 is 0 Å². The Kier molecular flexibility index (Phi) is 3.57. The second-order valence-corrected chi connectivity index (χ2v) is 3.97. The van der Waals surface area contributed by atoms with E-state index < -0.39 is 5.97 Å². The van der Waals surface area contributed by atoms with Gasteiger partial charge >= 0.3 is 5.97 Å². The summed E-state index contributed by atoms with van der Waals surface area (Å²) in [5, 5.41) is 0. The average Bonchev–Trinajstić information content (AvgIpc) is 2.85. The van der Waals surface area contributed by atoms with E-state index in [9.17, 15) is 4.79 Å². The molecule has 0 bridgehead atoms. The highest BCUT2D eigenvalue weighted by Crippen LogP contribution is 2.16. The van der Waals surface area contributed by atoms with Gasteiger partial charge in [-0.25, -0.2) is 9.78 Å². The van der Waals surface area contributed by atoms with Crippen LogP contribution in [0.3, 0.4) is 0 Å². The van der Waals surface area contributed by atoms with Crippen LogP contribution >= 0.6 is 0 Å². The second kappa shape index (κ2) is 5.31. The fourth-order valence-electron chi connectivity index (χ4n) is 1.46. The number of carbonyl (C=O) groups is 1. The Morgan fingerprint density at radius 2 is 2.11 bits per heavy atom. The molecule has 1 heterocycles. The summed E-state index contributed by atoms with van der Waals surface area (Å²) in [5.74, 6) is 0.205. The van der Waals surface area contributed by atoms with Crippen molar-refractivity contribution in [3.05, 3.63) is 54.5 Å². The summed E-state index contributed by atoms with van der Waals surface area (Å²) in [6.45, 7) is 5.25. The third kappa shape index (κ3) is 2.85. The number of carbonyl (C=O) groups excluding carboxylic acids is 1. The summed E-state index contributed by atoms with van der Waals surface area (Å²) in [7, 11) is 0. The number of nitrogens with one attached hydrogen (secondary N) is 1. The van der Waals surface area contributed by atoms with E-state index in [1.807, 2.05) is 30.3 Å². The number of aromatic amines is 1. The second-order valence-electron chi connectivity index (χ2n) is 3.97. The molecule has 1 N–H and O–H groups in total. The molecule has 0 aliphatic rings. The van der Waals surface area contributed by atoms with E-state index in [0.29, 0.717) is 11.4 Å². The Balaban J connectivity index is 2.03. The summed E-state index contributed by atoms with van der Waals surface area (Å²) in [6.07, 6.45) is 1.72. The van der Waals surface area contributed by atoms with Crippen molar-refractivity contribution in [2.75, 3.05) is 0 Å². The van der Waals surface area contributed by atoms with E-state index >= 15 is 0 Å². The smallest absolute Gasteiger partial charge is 0.333 e. The molecule has 0 spiro atoms. The van der Waals surface area contributed by atoms with Crippen molar-refractivity contribution in [3.8, 4) is 11.3 Å². The predicted molar refractivity (Wildman–Crippen MR) is 68.6 cm³/mol. The van der Waals surface area contributed by atoms with E-state index in [4.69, 9.17) is 4.74 Å². The number of H-pyrrole nitrogens is 1. The third-order valence-electron chi connectivity index (χ3n) is 2.40. The first-order chi connectivity index (χ1) is 8.66. The maximum atomic E-state index is 11.2. The van der Waals surface area contributed by atoms with Crippen LogP contribution in [0.25, 0.3) is 11.3 Å². The fraction of sp³-hybridized carbons (Fsp3) is 0.143. The van der Waals surface area contributed by atoms with Gasteiger partial charge in [0.15, 0.2) is 0 Å². The summed E-state index contributed by atoms with van der Waals surface area (Å²) >= 11 is 0. The highest BCUT2D eigenvalue weighted by Gasteiger charge is 2.07. The van der Waals surface area contributed by atoms with Gasteiger partial charge in [-0.15, -0.1) is 0 Å².